The van der Waals surface area contributed by atoms with Crippen molar-refractivity contribution in [3.05, 3.63) is 11.3 Å². The summed E-state index contributed by atoms with van der Waals surface area (Å²) in [4.78, 5) is 22.9. The van der Waals surface area contributed by atoms with Gasteiger partial charge < -0.3 is 14.8 Å². The first-order chi connectivity index (χ1) is 7.86. The number of esters is 1. The van der Waals surface area contributed by atoms with E-state index >= 15 is 0 Å². The quantitative estimate of drug-likeness (QED) is 0.746. The van der Waals surface area contributed by atoms with E-state index in [1.165, 1.54) is 7.11 Å². The van der Waals surface area contributed by atoms with E-state index in [0.717, 1.165) is 0 Å². The van der Waals surface area contributed by atoms with Crippen LogP contribution < -0.4 is 5.32 Å². The zero-order valence-corrected chi connectivity index (χ0v) is 10.8. The van der Waals surface area contributed by atoms with Crippen molar-refractivity contribution in [1.82, 2.24) is 5.32 Å². The first-order valence-corrected chi connectivity index (χ1v) is 5.57. The van der Waals surface area contributed by atoms with Crippen LogP contribution in [0.4, 0.5) is 0 Å². The predicted octanol–water partition coefficient (Wildman–Crippen LogP) is 0.996. The summed E-state index contributed by atoms with van der Waals surface area (Å²) in [6.07, 6.45) is 0.434. The van der Waals surface area contributed by atoms with Crippen molar-refractivity contribution in [1.29, 1.82) is 0 Å². The normalized spacial score (nSPS) is 15.9. The summed E-state index contributed by atoms with van der Waals surface area (Å²) in [6.45, 7) is 6.12. The lowest BCUT2D eigenvalue weighted by Gasteiger charge is -2.17. The van der Waals surface area contributed by atoms with Gasteiger partial charge in [-0.15, -0.1) is 0 Å². The molecule has 0 saturated heterocycles. The van der Waals surface area contributed by atoms with Crippen LogP contribution >= 0.6 is 0 Å². The predicted molar refractivity (Wildman–Crippen MR) is 62.1 cm³/mol. The van der Waals surface area contributed by atoms with Gasteiger partial charge in [-0.25, -0.2) is 4.79 Å². The summed E-state index contributed by atoms with van der Waals surface area (Å²) in [5.41, 5.74) is 0.0935. The molecular weight excluding hydrogens is 222 g/mol. The maximum absolute atomic E-state index is 11.6. The van der Waals surface area contributed by atoms with Crippen LogP contribution in [0.3, 0.4) is 0 Å². The molecule has 0 atom stereocenters. The number of carbonyl (C=O) groups excluding carboxylic acids is 2. The van der Waals surface area contributed by atoms with E-state index in [1.54, 1.807) is 0 Å². The molecule has 0 aliphatic carbocycles. The third kappa shape index (κ3) is 3.47. The molecule has 0 spiro atoms. The SMILES string of the molecule is COC1=C(CCNC(=O)C(C)(C)C)C(=O)OC1. The van der Waals surface area contributed by atoms with Crippen molar-refractivity contribution < 1.29 is 19.1 Å². The molecule has 1 N–H and O–H groups in total. The second-order valence-corrected chi connectivity index (χ2v) is 4.94. The monoisotopic (exact) mass is 241 g/mol. The van der Waals surface area contributed by atoms with Crippen LogP contribution in [0.25, 0.3) is 0 Å². The molecule has 5 nitrogen and oxygen atoms in total. The Morgan fingerprint density at radius 1 is 1.47 bits per heavy atom. The maximum atomic E-state index is 11.6. The molecule has 0 radical (unpaired) electrons. The maximum Gasteiger partial charge on any atom is 0.338 e. The molecule has 0 bridgehead atoms. The lowest BCUT2D eigenvalue weighted by molar-refractivity contribution is -0.136. The molecule has 1 amide bonds. The van der Waals surface area contributed by atoms with Gasteiger partial charge in [0.1, 0.15) is 12.4 Å². The summed E-state index contributed by atoms with van der Waals surface area (Å²) in [5, 5.41) is 2.78. The molecule has 1 heterocycles. The van der Waals surface area contributed by atoms with Gasteiger partial charge in [-0.2, -0.15) is 0 Å². The van der Waals surface area contributed by atoms with Crippen LogP contribution in [0.15, 0.2) is 11.3 Å². The Morgan fingerprint density at radius 3 is 2.65 bits per heavy atom. The number of cyclic esters (lactones) is 1. The fourth-order valence-electron chi connectivity index (χ4n) is 1.41. The van der Waals surface area contributed by atoms with Gasteiger partial charge in [-0.05, 0) is 0 Å². The Balaban J connectivity index is 2.46. The fourth-order valence-corrected chi connectivity index (χ4v) is 1.41. The second kappa shape index (κ2) is 5.21. The Bertz CT molecular complexity index is 352. The molecule has 0 saturated carbocycles. The van der Waals surface area contributed by atoms with Gasteiger partial charge in [-0.3, -0.25) is 4.79 Å². The van der Waals surface area contributed by atoms with Gasteiger partial charge in [0, 0.05) is 18.4 Å². The van der Waals surface area contributed by atoms with Crippen LogP contribution in [0, 0.1) is 5.41 Å². The van der Waals surface area contributed by atoms with Gasteiger partial charge in [0.25, 0.3) is 0 Å². The van der Waals surface area contributed by atoms with Crippen molar-refractivity contribution in [3.63, 3.8) is 0 Å². The Labute approximate surface area is 101 Å². The lowest BCUT2D eigenvalue weighted by atomic mass is 9.95. The number of methoxy groups -OCH3 is 1. The van der Waals surface area contributed by atoms with Crippen molar-refractivity contribution in [2.75, 3.05) is 20.3 Å². The summed E-state index contributed by atoms with van der Waals surface area (Å²) >= 11 is 0. The van der Waals surface area contributed by atoms with E-state index in [-0.39, 0.29) is 18.5 Å². The molecular formula is C12H19NO4. The summed E-state index contributed by atoms with van der Waals surface area (Å²) in [6, 6.07) is 0. The van der Waals surface area contributed by atoms with Gasteiger partial charge in [0.05, 0.1) is 12.7 Å². The summed E-state index contributed by atoms with van der Waals surface area (Å²) < 4.78 is 9.88. The highest BCUT2D eigenvalue weighted by atomic mass is 16.6. The van der Waals surface area contributed by atoms with Crippen LogP contribution in [-0.4, -0.2) is 32.1 Å². The smallest absolute Gasteiger partial charge is 0.338 e. The van der Waals surface area contributed by atoms with Crippen molar-refractivity contribution in [2.45, 2.75) is 27.2 Å². The number of nitrogens with one attached hydrogen (secondary N) is 1. The van der Waals surface area contributed by atoms with E-state index in [9.17, 15) is 9.59 Å². The molecule has 0 aromatic rings. The zero-order valence-electron chi connectivity index (χ0n) is 10.8. The van der Waals surface area contributed by atoms with Gasteiger partial charge >= 0.3 is 5.97 Å². The zero-order chi connectivity index (χ0) is 13.1. The summed E-state index contributed by atoms with van der Waals surface area (Å²) in [7, 11) is 1.50. The topological polar surface area (TPSA) is 64.6 Å². The highest BCUT2D eigenvalue weighted by Gasteiger charge is 2.26. The van der Waals surface area contributed by atoms with Crippen molar-refractivity contribution in [3.8, 4) is 0 Å². The molecule has 0 fully saturated rings. The second-order valence-electron chi connectivity index (χ2n) is 4.94. The Morgan fingerprint density at radius 2 is 2.12 bits per heavy atom. The van der Waals surface area contributed by atoms with Crippen LogP contribution in [-0.2, 0) is 19.1 Å². The first-order valence-electron chi connectivity index (χ1n) is 5.57. The standard InChI is InChI=1S/C12H19NO4/c1-12(2,3)11(15)13-6-5-8-9(16-4)7-17-10(8)14/h5-7H2,1-4H3,(H,13,15). The highest BCUT2D eigenvalue weighted by molar-refractivity contribution is 5.91. The molecule has 0 unspecified atom stereocenters. The van der Waals surface area contributed by atoms with Crippen molar-refractivity contribution >= 4 is 11.9 Å². The van der Waals surface area contributed by atoms with Gasteiger partial charge in [0.2, 0.25) is 5.91 Å². The van der Waals surface area contributed by atoms with E-state index in [4.69, 9.17) is 9.47 Å². The van der Waals surface area contributed by atoms with E-state index < -0.39 is 5.41 Å². The molecule has 96 valence electrons. The minimum absolute atomic E-state index is 0.0385. The minimum Gasteiger partial charge on any atom is -0.497 e. The van der Waals surface area contributed by atoms with E-state index in [1.807, 2.05) is 20.8 Å². The minimum atomic E-state index is -0.422. The molecule has 0 aromatic heterocycles. The largest absolute Gasteiger partial charge is 0.497 e. The number of rotatable bonds is 4. The van der Waals surface area contributed by atoms with E-state index in [0.29, 0.717) is 24.3 Å². The lowest BCUT2D eigenvalue weighted by Crippen LogP contribution is -2.35. The van der Waals surface area contributed by atoms with Crippen LogP contribution in [0.1, 0.15) is 27.2 Å². The third-order valence-corrected chi connectivity index (χ3v) is 2.51. The Kier molecular flexibility index (Phi) is 4.15. The van der Waals surface area contributed by atoms with Crippen LogP contribution in [0.2, 0.25) is 0 Å². The third-order valence-electron chi connectivity index (χ3n) is 2.51. The summed E-state index contributed by atoms with van der Waals surface area (Å²) in [5.74, 6) is 0.162. The number of hydrogen-bond donors (Lipinski definition) is 1. The molecule has 0 aromatic carbocycles. The van der Waals surface area contributed by atoms with Crippen LogP contribution in [0.5, 0.6) is 0 Å². The molecule has 17 heavy (non-hydrogen) atoms. The van der Waals surface area contributed by atoms with Gasteiger partial charge in [-0.1, -0.05) is 20.8 Å². The molecule has 1 rings (SSSR count). The van der Waals surface area contributed by atoms with E-state index in [2.05, 4.69) is 5.32 Å². The molecule has 1 aliphatic rings. The average Bonchev–Trinajstić information content (AvgIpc) is 2.58. The number of ether oxygens (including phenoxy) is 2. The molecule has 5 heteroatoms. The van der Waals surface area contributed by atoms with Crippen molar-refractivity contribution in [2.24, 2.45) is 5.41 Å². The van der Waals surface area contributed by atoms with Gasteiger partial charge in [0.15, 0.2) is 0 Å². The number of amides is 1. The number of carbonyl (C=O) groups is 2. The highest BCUT2D eigenvalue weighted by Crippen LogP contribution is 2.19. The molecule has 1 aliphatic heterocycles. The fraction of sp³-hybridized carbons (Fsp3) is 0.667. The Hall–Kier alpha value is -1.52. The number of hydrogen-bond acceptors (Lipinski definition) is 4. The first kappa shape index (κ1) is 13.5. The average molecular weight is 241 g/mol.